The summed E-state index contributed by atoms with van der Waals surface area (Å²) in [6.07, 6.45) is 1.09. The normalized spacial score (nSPS) is 16.7. The van der Waals surface area contributed by atoms with Gasteiger partial charge in [-0.2, -0.15) is 0 Å². The van der Waals surface area contributed by atoms with E-state index < -0.39 is 0 Å². The third-order valence-corrected chi connectivity index (χ3v) is 3.15. The summed E-state index contributed by atoms with van der Waals surface area (Å²) in [7, 11) is 1.62. The molecular formula is C14H21N3O2. The van der Waals surface area contributed by atoms with E-state index in [0.717, 1.165) is 44.0 Å². The fraction of sp³-hybridized carbons (Fsp3) is 0.500. The summed E-state index contributed by atoms with van der Waals surface area (Å²) in [4.78, 5) is 14.2. The number of rotatable bonds is 4. The maximum absolute atomic E-state index is 12.0. The molecule has 1 fully saturated rings. The summed E-state index contributed by atoms with van der Waals surface area (Å²) in [5.74, 6) is 0.770. The van der Waals surface area contributed by atoms with Gasteiger partial charge in [0.25, 0.3) is 0 Å². The van der Waals surface area contributed by atoms with Gasteiger partial charge in [0.2, 0.25) is 5.91 Å². The minimum absolute atomic E-state index is 0.0233. The Morgan fingerprint density at radius 1 is 1.42 bits per heavy atom. The molecule has 19 heavy (non-hydrogen) atoms. The second-order valence-electron chi connectivity index (χ2n) is 4.66. The third kappa shape index (κ3) is 4.54. The number of carbonyl (C=O) groups excluding carboxylic acids is 1. The summed E-state index contributed by atoms with van der Waals surface area (Å²) >= 11 is 0. The molecule has 0 spiro atoms. The van der Waals surface area contributed by atoms with E-state index in [2.05, 4.69) is 15.5 Å². The molecule has 5 nitrogen and oxygen atoms in total. The minimum atomic E-state index is 0.0233. The van der Waals surface area contributed by atoms with Crippen LogP contribution in [0.2, 0.25) is 0 Å². The maximum atomic E-state index is 12.0. The first kappa shape index (κ1) is 13.8. The molecule has 0 saturated carbocycles. The number of amides is 1. The molecule has 0 radical (unpaired) electrons. The van der Waals surface area contributed by atoms with Crippen molar-refractivity contribution in [3.05, 3.63) is 24.3 Å². The molecular weight excluding hydrogens is 242 g/mol. The van der Waals surface area contributed by atoms with Crippen LogP contribution in [0.15, 0.2) is 24.3 Å². The first-order chi connectivity index (χ1) is 9.28. The van der Waals surface area contributed by atoms with Crippen LogP contribution in [0.4, 0.5) is 5.69 Å². The van der Waals surface area contributed by atoms with Crippen molar-refractivity contribution in [3.8, 4) is 5.75 Å². The highest BCUT2D eigenvalue weighted by atomic mass is 16.5. The summed E-state index contributed by atoms with van der Waals surface area (Å²) in [6, 6.07) is 7.41. The molecule has 1 saturated heterocycles. The predicted molar refractivity (Wildman–Crippen MR) is 75.6 cm³/mol. The molecule has 1 aromatic carbocycles. The molecule has 1 aromatic rings. The van der Waals surface area contributed by atoms with Crippen LogP contribution in [0.1, 0.15) is 6.42 Å². The van der Waals surface area contributed by atoms with Crippen molar-refractivity contribution in [1.29, 1.82) is 0 Å². The van der Waals surface area contributed by atoms with Crippen molar-refractivity contribution in [3.63, 3.8) is 0 Å². The highest BCUT2D eigenvalue weighted by Crippen LogP contribution is 2.16. The number of methoxy groups -OCH3 is 1. The topological polar surface area (TPSA) is 53.6 Å². The van der Waals surface area contributed by atoms with E-state index in [9.17, 15) is 4.79 Å². The maximum Gasteiger partial charge on any atom is 0.238 e. The van der Waals surface area contributed by atoms with E-state index in [-0.39, 0.29) is 5.91 Å². The van der Waals surface area contributed by atoms with E-state index in [0.29, 0.717) is 6.54 Å². The van der Waals surface area contributed by atoms with Gasteiger partial charge in [0.05, 0.1) is 13.7 Å². The molecule has 1 aliphatic heterocycles. The van der Waals surface area contributed by atoms with E-state index in [1.54, 1.807) is 7.11 Å². The van der Waals surface area contributed by atoms with Gasteiger partial charge in [-0.05, 0) is 31.6 Å². The van der Waals surface area contributed by atoms with Crippen LogP contribution in [0.3, 0.4) is 0 Å². The van der Waals surface area contributed by atoms with Gasteiger partial charge in [-0.3, -0.25) is 9.69 Å². The lowest BCUT2D eigenvalue weighted by molar-refractivity contribution is -0.117. The van der Waals surface area contributed by atoms with Crippen LogP contribution < -0.4 is 15.4 Å². The molecule has 0 atom stereocenters. The monoisotopic (exact) mass is 263 g/mol. The second-order valence-corrected chi connectivity index (χ2v) is 4.66. The van der Waals surface area contributed by atoms with Crippen LogP contribution in [0, 0.1) is 0 Å². The first-order valence-electron chi connectivity index (χ1n) is 6.65. The van der Waals surface area contributed by atoms with Crippen molar-refractivity contribution < 1.29 is 9.53 Å². The molecule has 5 heteroatoms. The first-order valence-corrected chi connectivity index (χ1v) is 6.65. The van der Waals surface area contributed by atoms with Crippen LogP contribution in [-0.2, 0) is 4.79 Å². The van der Waals surface area contributed by atoms with Gasteiger partial charge in [0, 0.05) is 24.8 Å². The number of nitrogens with zero attached hydrogens (tertiary/aromatic N) is 1. The SMILES string of the molecule is COc1cccc(NC(=O)CN2CCCNCC2)c1. The lowest BCUT2D eigenvalue weighted by Crippen LogP contribution is -2.35. The average molecular weight is 263 g/mol. The minimum Gasteiger partial charge on any atom is -0.497 e. The number of nitrogens with one attached hydrogen (secondary N) is 2. The lowest BCUT2D eigenvalue weighted by Gasteiger charge is -2.18. The average Bonchev–Trinajstić information content (AvgIpc) is 2.67. The summed E-state index contributed by atoms with van der Waals surface area (Å²) in [6.45, 7) is 4.32. The number of ether oxygens (including phenoxy) is 1. The van der Waals surface area contributed by atoms with Gasteiger partial charge in [0.15, 0.2) is 0 Å². The Kier molecular flexibility index (Phi) is 5.18. The van der Waals surface area contributed by atoms with E-state index in [1.165, 1.54) is 0 Å². The molecule has 0 bridgehead atoms. The molecule has 104 valence electrons. The highest BCUT2D eigenvalue weighted by molar-refractivity contribution is 5.92. The lowest BCUT2D eigenvalue weighted by atomic mass is 10.3. The highest BCUT2D eigenvalue weighted by Gasteiger charge is 2.12. The summed E-state index contributed by atoms with van der Waals surface area (Å²) in [5.41, 5.74) is 0.775. The van der Waals surface area contributed by atoms with Crippen LogP contribution in [-0.4, -0.2) is 50.6 Å². The van der Waals surface area contributed by atoms with Crippen molar-refractivity contribution in [2.75, 3.05) is 45.2 Å². The molecule has 1 heterocycles. The van der Waals surface area contributed by atoms with Gasteiger partial charge in [0.1, 0.15) is 5.75 Å². The Labute approximate surface area is 113 Å². The standard InChI is InChI=1S/C14H21N3O2/c1-19-13-5-2-4-12(10-13)16-14(18)11-17-8-3-6-15-7-9-17/h2,4-5,10,15H,3,6-9,11H2,1H3,(H,16,18). The third-order valence-electron chi connectivity index (χ3n) is 3.15. The molecule has 0 unspecified atom stereocenters. The molecule has 1 aliphatic rings. The van der Waals surface area contributed by atoms with Crippen LogP contribution >= 0.6 is 0 Å². The van der Waals surface area contributed by atoms with Crippen LogP contribution in [0.5, 0.6) is 5.75 Å². The molecule has 0 aliphatic carbocycles. The van der Waals surface area contributed by atoms with Crippen molar-refractivity contribution in [2.24, 2.45) is 0 Å². The zero-order valence-corrected chi connectivity index (χ0v) is 11.3. The number of benzene rings is 1. The van der Waals surface area contributed by atoms with Crippen molar-refractivity contribution in [1.82, 2.24) is 10.2 Å². The Morgan fingerprint density at radius 3 is 3.16 bits per heavy atom. The Balaban J connectivity index is 1.85. The molecule has 2 N–H and O–H groups in total. The van der Waals surface area contributed by atoms with E-state index in [1.807, 2.05) is 24.3 Å². The number of anilines is 1. The second kappa shape index (κ2) is 7.11. The summed E-state index contributed by atoms with van der Waals surface area (Å²) < 4.78 is 5.13. The van der Waals surface area contributed by atoms with Gasteiger partial charge in [-0.25, -0.2) is 0 Å². The number of hydrogen-bond acceptors (Lipinski definition) is 4. The zero-order valence-electron chi connectivity index (χ0n) is 11.3. The Morgan fingerprint density at radius 2 is 2.32 bits per heavy atom. The van der Waals surface area contributed by atoms with Crippen molar-refractivity contribution >= 4 is 11.6 Å². The van der Waals surface area contributed by atoms with Crippen molar-refractivity contribution in [2.45, 2.75) is 6.42 Å². The smallest absolute Gasteiger partial charge is 0.238 e. The number of hydrogen-bond donors (Lipinski definition) is 2. The molecule has 0 aromatic heterocycles. The van der Waals surface area contributed by atoms with E-state index in [4.69, 9.17) is 4.74 Å². The Bertz CT molecular complexity index is 415. The van der Waals surface area contributed by atoms with Crippen LogP contribution in [0.25, 0.3) is 0 Å². The van der Waals surface area contributed by atoms with Gasteiger partial charge in [-0.1, -0.05) is 6.07 Å². The Hall–Kier alpha value is -1.59. The van der Waals surface area contributed by atoms with E-state index >= 15 is 0 Å². The molecule has 1 amide bonds. The van der Waals surface area contributed by atoms with Gasteiger partial charge < -0.3 is 15.4 Å². The fourth-order valence-electron chi connectivity index (χ4n) is 2.16. The fourth-order valence-corrected chi connectivity index (χ4v) is 2.16. The van der Waals surface area contributed by atoms with Gasteiger partial charge in [-0.15, -0.1) is 0 Å². The van der Waals surface area contributed by atoms with Gasteiger partial charge >= 0.3 is 0 Å². The predicted octanol–water partition coefficient (Wildman–Crippen LogP) is 0.929. The largest absolute Gasteiger partial charge is 0.497 e. The quantitative estimate of drug-likeness (QED) is 0.848. The number of carbonyl (C=O) groups is 1. The molecule has 2 rings (SSSR count). The summed E-state index contributed by atoms with van der Waals surface area (Å²) in [5, 5.41) is 6.23. The zero-order chi connectivity index (χ0) is 13.5.